The van der Waals surface area contributed by atoms with Gasteiger partial charge in [-0.25, -0.2) is 0 Å². The molecule has 2 aromatic carbocycles. The number of hydrogen-bond acceptors (Lipinski definition) is 3. The summed E-state index contributed by atoms with van der Waals surface area (Å²) >= 11 is 12.1. The topological polar surface area (TPSA) is 81.4 Å². The number of halogens is 2. The van der Waals surface area contributed by atoms with Gasteiger partial charge in [-0.1, -0.05) is 41.4 Å². The maximum Gasteiger partial charge on any atom is 0.255 e. The molecule has 0 fully saturated rings. The van der Waals surface area contributed by atoms with Gasteiger partial charge in [0.25, 0.3) is 5.91 Å². The van der Waals surface area contributed by atoms with Crippen LogP contribution in [0.3, 0.4) is 0 Å². The maximum atomic E-state index is 12.4. The van der Waals surface area contributed by atoms with Gasteiger partial charge in [0.2, 0.25) is 5.91 Å². The molecule has 0 spiro atoms. The van der Waals surface area contributed by atoms with Crippen LogP contribution in [0.4, 0.5) is 5.69 Å². The smallest absolute Gasteiger partial charge is 0.255 e. The lowest BCUT2D eigenvalue weighted by Gasteiger charge is -2.12. The first-order valence-electron chi connectivity index (χ1n) is 6.63. The predicted octanol–water partition coefficient (Wildman–Crippen LogP) is 3.28. The second-order valence-corrected chi connectivity index (χ2v) is 5.54. The highest BCUT2D eigenvalue weighted by atomic mass is 35.5. The molecule has 7 heteroatoms. The Bertz CT molecular complexity index is 740. The second-order valence-electron chi connectivity index (χ2n) is 4.73. The first-order valence-corrected chi connectivity index (χ1v) is 7.38. The van der Waals surface area contributed by atoms with Crippen molar-refractivity contribution in [1.82, 2.24) is 0 Å². The third-order valence-electron chi connectivity index (χ3n) is 3.09. The van der Waals surface area contributed by atoms with Crippen LogP contribution in [-0.2, 0) is 11.2 Å². The quantitative estimate of drug-likeness (QED) is 0.866. The Kier molecular flexibility index (Phi) is 5.47. The van der Waals surface area contributed by atoms with E-state index in [4.69, 9.17) is 33.7 Å². The molecule has 0 atom stereocenters. The Morgan fingerprint density at radius 1 is 1.17 bits per heavy atom. The molecule has 0 aliphatic heterocycles. The van der Waals surface area contributed by atoms with Crippen molar-refractivity contribution in [2.75, 3.05) is 12.4 Å². The number of benzene rings is 2. The van der Waals surface area contributed by atoms with Crippen LogP contribution in [0, 0.1) is 0 Å². The van der Waals surface area contributed by atoms with Crippen LogP contribution in [-0.4, -0.2) is 18.9 Å². The van der Waals surface area contributed by atoms with Crippen molar-refractivity contribution < 1.29 is 14.3 Å². The van der Waals surface area contributed by atoms with Gasteiger partial charge < -0.3 is 15.8 Å². The second kappa shape index (κ2) is 7.35. The van der Waals surface area contributed by atoms with Crippen molar-refractivity contribution in [3.8, 4) is 5.75 Å². The van der Waals surface area contributed by atoms with Crippen LogP contribution in [0.2, 0.25) is 10.0 Å². The number of hydrogen-bond donors (Lipinski definition) is 2. The normalized spacial score (nSPS) is 10.2. The van der Waals surface area contributed by atoms with E-state index in [1.54, 1.807) is 24.3 Å². The summed E-state index contributed by atoms with van der Waals surface area (Å²) < 4.78 is 5.04. The Morgan fingerprint density at radius 3 is 2.35 bits per heavy atom. The van der Waals surface area contributed by atoms with Crippen molar-refractivity contribution in [2.24, 2.45) is 5.73 Å². The fourth-order valence-corrected chi connectivity index (χ4v) is 2.71. The van der Waals surface area contributed by atoms with E-state index in [0.29, 0.717) is 17.0 Å². The number of carbonyl (C=O) groups is 2. The van der Waals surface area contributed by atoms with Crippen LogP contribution in [0.25, 0.3) is 0 Å². The fraction of sp³-hybridized carbons (Fsp3) is 0.125. The van der Waals surface area contributed by atoms with E-state index in [9.17, 15) is 9.59 Å². The van der Waals surface area contributed by atoms with E-state index < -0.39 is 11.8 Å². The number of para-hydroxylation sites is 1. The minimum absolute atomic E-state index is 0.0284. The fourth-order valence-electron chi connectivity index (χ4n) is 2.06. The SMILES string of the molecule is COc1c(Cl)cc(C(=O)Nc2ccccc2CC(N)=O)cc1Cl. The first kappa shape index (κ1) is 17.1. The monoisotopic (exact) mass is 352 g/mol. The van der Waals surface area contributed by atoms with Gasteiger partial charge in [0, 0.05) is 11.3 Å². The number of amides is 2. The van der Waals surface area contributed by atoms with Crippen LogP contribution < -0.4 is 15.8 Å². The minimum atomic E-state index is -0.484. The highest BCUT2D eigenvalue weighted by Crippen LogP contribution is 2.34. The zero-order chi connectivity index (χ0) is 17.0. The number of carbonyl (C=O) groups excluding carboxylic acids is 2. The van der Waals surface area contributed by atoms with Crippen molar-refractivity contribution in [3.63, 3.8) is 0 Å². The van der Waals surface area contributed by atoms with Crippen molar-refractivity contribution in [3.05, 3.63) is 57.6 Å². The molecule has 23 heavy (non-hydrogen) atoms. The lowest BCUT2D eigenvalue weighted by atomic mass is 10.1. The van der Waals surface area contributed by atoms with Crippen molar-refractivity contribution >= 4 is 40.7 Å². The van der Waals surface area contributed by atoms with Gasteiger partial charge in [0.15, 0.2) is 5.75 Å². The molecule has 120 valence electrons. The summed E-state index contributed by atoms with van der Waals surface area (Å²) in [6.07, 6.45) is 0.0284. The van der Waals surface area contributed by atoms with E-state index in [1.165, 1.54) is 19.2 Å². The average molecular weight is 353 g/mol. The number of nitrogens with two attached hydrogens (primary N) is 1. The molecule has 3 N–H and O–H groups in total. The summed E-state index contributed by atoms with van der Waals surface area (Å²) in [5.41, 5.74) is 6.60. The zero-order valence-corrected chi connectivity index (χ0v) is 13.7. The van der Waals surface area contributed by atoms with E-state index >= 15 is 0 Å². The van der Waals surface area contributed by atoms with E-state index in [-0.39, 0.29) is 22.0 Å². The largest absolute Gasteiger partial charge is 0.494 e. The summed E-state index contributed by atoms with van der Waals surface area (Å²) in [5.74, 6) is -0.588. The molecule has 2 aromatic rings. The van der Waals surface area contributed by atoms with Gasteiger partial charge >= 0.3 is 0 Å². The maximum absolute atomic E-state index is 12.4. The summed E-state index contributed by atoms with van der Waals surface area (Å²) in [4.78, 5) is 23.5. The Hall–Kier alpha value is -2.24. The van der Waals surface area contributed by atoms with Crippen LogP contribution >= 0.6 is 23.2 Å². The highest BCUT2D eigenvalue weighted by Gasteiger charge is 2.15. The van der Waals surface area contributed by atoms with Crippen molar-refractivity contribution in [1.29, 1.82) is 0 Å². The molecule has 0 radical (unpaired) electrons. The van der Waals surface area contributed by atoms with Gasteiger partial charge in [-0.2, -0.15) is 0 Å². The summed E-state index contributed by atoms with van der Waals surface area (Å²) in [6.45, 7) is 0. The molecule has 0 aliphatic carbocycles. The van der Waals surface area contributed by atoms with Gasteiger partial charge in [0.1, 0.15) is 0 Å². The number of methoxy groups -OCH3 is 1. The Balaban J connectivity index is 2.28. The molecule has 5 nitrogen and oxygen atoms in total. The lowest BCUT2D eigenvalue weighted by molar-refractivity contribution is -0.117. The van der Waals surface area contributed by atoms with Crippen LogP contribution in [0.5, 0.6) is 5.75 Å². The molecule has 0 bridgehead atoms. The minimum Gasteiger partial charge on any atom is -0.494 e. The molecule has 2 amide bonds. The summed E-state index contributed by atoms with van der Waals surface area (Å²) in [7, 11) is 1.44. The van der Waals surface area contributed by atoms with Crippen molar-refractivity contribution in [2.45, 2.75) is 6.42 Å². The molecular formula is C16H14Cl2N2O3. The Labute approximate surface area is 143 Å². The molecular weight excluding hydrogens is 339 g/mol. The molecule has 0 saturated heterocycles. The van der Waals surface area contributed by atoms with Gasteiger partial charge in [0.05, 0.1) is 23.6 Å². The molecule has 0 saturated carbocycles. The van der Waals surface area contributed by atoms with Gasteiger partial charge in [-0.3, -0.25) is 9.59 Å². The molecule has 0 unspecified atom stereocenters. The average Bonchev–Trinajstić information content (AvgIpc) is 2.48. The molecule has 0 heterocycles. The van der Waals surface area contributed by atoms with E-state index in [2.05, 4.69) is 5.32 Å². The van der Waals surface area contributed by atoms with E-state index in [0.717, 1.165) is 0 Å². The number of nitrogens with one attached hydrogen (secondary N) is 1. The third kappa shape index (κ3) is 4.15. The van der Waals surface area contributed by atoms with Crippen LogP contribution in [0.1, 0.15) is 15.9 Å². The number of anilines is 1. The van der Waals surface area contributed by atoms with Gasteiger partial charge in [-0.05, 0) is 23.8 Å². The highest BCUT2D eigenvalue weighted by molar-refractivity contribution is 6.37. The van der Waals surface area contributed by atoms with Gasteiger partial charge in [-0.15, -0.1) is 0 Å². The summed E-state index contributed by atoms with van der Waals surface area (Å²) in [6, 6.07) is 9.82. The Morgan fingerprint density at radius 2 is 1.78 bits per heavy atom. The third-order valence-corrected chi connectivity index (χ3v) is 3.66. The molecule has 2 rings (SSSR count). The summed E-state index contributed by atoms with van der Waals surface area (Å²) in [5, 5.41) is 3.18. The van der Waals surface area contributed by atoms with Crippen LogP contribution in [0.15, 0.2) is 36.4 Å². The number of rotatable bonds is 5. The first-order chi connectivity index (χ1) is 10.9. The molecule has 0 aliphatic rings. The predicted molar refractivity (Wildman–Crippen MR) is 90.3 cm³/mol. The zero-order valence-electron chi connectivity index (χ0n) is 12.2. The molecule has 0 aromatic heterocycles. The lowest BCUT2D eigenvalue weighted by Crippen LogP contribution is -2.17. The standard InChI is InChI=1S/C16H14Cl2N2O3/c1-23-15-11(17)6-10(7-12(15)18)16(22)20-13-5-3-2-4-9(13)8-14(19)21/h2-7H,8H2,1H3,(H2,19,21)(H,20,22). The van der Waals surface area contributed by atoms with E-state index in [1.807, 2.05) is 0 Å². The number of primary amides is 1. The number of ether oxygens (including phenoxy) is 1.